The third kappa shape index (κ3) is 3.14. The minimum absolute atomic E-state index is 0.270. The van der Waals surface area contributed by atoms with Gasteiger partial charge in [0, 0.05) is 24.9 Å². The molecule has 0 fully saturated rings. The lowest BCUT2D eigenvalue weighted by atomic mass is 9.94. The van der Waals surface area contributed by atoms with E-state index in [4.69, 9.17) is 0 Å². The largest absolute Gasteiger partial charge is 0.354 e. The topological polar surface area (TPSA) is 4.93 Å². The summed E-state index contributed by atoms with van der Waals surface area (Å²) in [5.74, 6) is 0.270. The summed E-state index contributed by atoms with van der Waals surface area (Å²) in [4.78, 5) is 0. The minimum atomic E-state index is 0.270. The molecule has 1 nitrogen and oxygen atoms in total. The van der Waals surface area contributed by atoms with E-state index in [1.807, 2.05) is 6.07 Å². The monoisotopic (exact) mass is 273 g/mol. The van der Waals surface area contributed by atoms with Crippen molar-refractivity contribution in [3.63, 3.8) is 0 Å². The number of rotatable bonds is 4. The highest BCUT2D eigenvalue weighted by Crippen LogP contribution is 2.26. The van der Waals surface area contributed by atoms with Gasteiger partial charge in [-0.05, 0) is 23.3 Å². The van der Waals surface area contributed by atoms with Gasteiger partial charge in [-0.1, -0.05) is 72.8 Å². The standard InChI is InChI=1S/C20H19N/c1-21-16-8-13-20(21)19(18-11-6-3-7-12-18)15-14-17-9-4-2-5-10-17/h2-16,19H,1H3/b15-14-. The minimum Gasteiger partial charge on any atom is -0.354 e. The van der Waals surface area contributed by atoms with Crippen molar-refractivity contribution in [3.05, 3.63) is 102 Å². The summed E-state index contributed by atoms with van der Waals surface area (Å²) in [6.45, 7) is 0. The Morgan fingerprint density at radius 3 is 2.10 bits per heavy atom. The van der Waals surface area contributed by atoms with Crippen LogP contribution in [0.15, 0.2) is 85.1 Å². The number of hydrogen-bond acceptors (Lipinski definition) is 0. The van der Waals surface area contributed by atoms with Gasteiger partial charge in [-0.2, -0.15) is 0 Å². The molecule has 0 amide bonds. The fourth-order valence-electron chi connectivity index (χ4n) is 2.61. The van der Waals surface area contributed by atoms with Crippen molar-refractivity contribution < 1.29 is 0 Å². The van der Waals surface area contributed by atoms with Crippen LogP contribution in [0.2, 0.25) is 0 Å². The average Bonchev–Trinajstić information content (AvgIpc) is 2.96. The molecule has 0 aliphatic rings. The summed E-state index contributed by atoms with van der Waals surface area (Å²) in [5.41, 5.74) is 3.84. The first-order valence-corrected chi connectivity index (χ1v) is 7.24. The van der Waals surface area contributed by atoms with Crippen molar-refractivity contribution in [2.24, 2.45) is 7.05 Å². The molecule has 0 aliphatic carbocycles. The highest BCUT2D eigenvalue weighted by Gasteiger charge is 2.13. The summed E-state index contributed by atoms with van der Waals surface area (Å²) in [6, 6.07) is 25.4. The lowest BCUT2D eigenvalue weighted by molar-refractivity contribution is 0.810. The van der Waals surface area contributed by atoms with Gasteiger partial charge in [0.15, 0.2) is 0 Å². The summed E-state index contributed by atoms with van der Waals surface area (Å²) >= 11 is 0. The van der Waals surface area contributed by atoms with Crippen LogP contribution in [-0.2, 0) is 7.05 Å². The zero-order valence-corrected chi connectivity index (χ0v) is 12.2. The second-order valence-corrected chi connectivity index (χ2v) is 5.20. The van der Waals surface area contributed by atoms with Crippen LogP contribution in [0.4, 0.5) is 0 Å². The molecule has 1 heterocycles. The predicted molar refractivity (Wildman–Crippen MR) is 89.2 cm³/mol. The molecular weight excluding hydrogens is 254 g/mol. The van der Waals surface area contributed by atoms with Crippen LogP contribution in [0.25, 0.3) is 6.08 Å². The zero-order valence-electron chi connectivity index (χ0n) is 12.2. The molecule has 3 rings (SSSR count). The maximum atomic E-state index is 2.28. The Hall–Kier alpha value is -2.54. The maximum absolute atomic E-state index is 2.28. The van der Waals surface area contributed by atoms with E-state index in [-0.39, 0.29) is 5.92 Å². The van der Waals surface area contributed by atoms with Crippen molar-refractivity contribution >= 4 is 6.08 Å². The van der Waals surface area contributed by atoms with Gasteiger partial charge in [0.25, 0.3) is 0 Å². The van der Waals surface area contributed by atoms with Crippen LogP contribution in [0.3, 0.4) is 0 Å². The number of allylic oxidation sites excluding steroid dienone is 1. The molecule has 0 N–H and O–H groups in total. The predicted octanol–water partition coefficient (Wildman–Crippen LogP) is 4.87. The van der Waals surface area contributed by atoms with Gasteiger partial charge in [0.2, 0.25) is 0 Å². The Morgan fingerprint density at radius 2 is 1.48 bits per heavy atom. The first-order valence-electron chi connectivity index (χ1n) is 7.24. The second-order valence-electron chi connectivity index (χ2n) is 5.20. The van der Waals surface area contributed by atoms with Gasteiger partial charge in [-0.25, -0.2) is 0 Å². The summed E-state index contributed by atoms with van der Waals surface area (Å²) in [6.07, 6.45) is 6.58. The van der Waals surface area contributed by atoms with E-state index in [1.54, 1.807) is 0 Å². The molecule has 0 saturated carbocycles. The Bertz CT molecular complexity index is 708. The van der Waals surface area contributed by atoms with Crippen molar-refractivity contribution in [2.75, 3.05) is 0 Å². The lowest BCUT2D eigenvalue weighted by Crippen LogP contribution is -2.03. The van der Waals surface area contributed by atoms with Gasteiger partial charge in [-0.15, -0.1) is 0 Å². The quantitative estimate of drug-likeness (QED) is 0.639. The third-order valence-electron chi connectivity index (χ3n) is 3.74. The van der Waals surface area contributed by atoms with E-state index in [9.17, 15) is 0 Å². The average molecular weight is 273 g/mol. The molecule has 104 valence electrons. The number of hydrogen-bond donors (Lipinski definition) is 0. The van der Waals surface area contributed by atoms with E-state index >= 15 is 0 Å². The van der Waals surface area contributed by atoms with Crippen LogP contribution < -0.4 is 0 Å². The summed E-state index contributed by atoms with van der Waals surface area (Å²) < 4.78 is 2.19. The van der Waals surface area contributed by atoms with Gasteiger partial charge in [0.1, 0.15) is 0 Å². The number of nitrogens with zero attached hydrogens (tertiary/aromatic N) is 1. The molecule has 1 aromatic heterocycles. The van der Waals surface area contributed by atoms with Crippen molar-refractivity contribution in [2.45, 2.75) is 5.92 Å². The Balaban J connectivity index is 1.98. The van der Waals surface area contributed by atoms with E-state index in [2.05, 4.69) is 96.7 Å². The zero-order chi connectivity index (χ0) is 14.5. The molecule has 1 unspecified atom stereocenters. The smallest absolute Gasteiger partial charge is 0.0426 e. The lowest BCUT2D eigenvalue weighted by Gasteiger charge is -2.15. The number of aromatic nitrogens is 1. The van der Waals surface area contributed by atoms with Crippen LogP contribution in [-0.4, -0.2) is 4.57 Å². The molecule has 0 aliphatic heterocycles. The fourth-order valence-corrected chi connectivity index (χ4v) is 2.61. The molecule has 0 saturated heterocycles. The molecule has 0 spiro atoms. The van der Waals surface area contributed by atoms with E-state index < -0.39 is 0 Å². The molecule has 0 radical (unpaired) electrons. The highest BCUT2D eigenvalue weighted by molar-refractivity contribution is 5.52. The Labute approximate surface area is 126 Å². The normalized spacial score (nSPS) is 12.6. The number of aryl methyl sites for hydroxylation is 1. The van der Waals surface area contributed by atoms with Crippen molar-refractivity contribution in [1.29, 1.82) is 0 Å². The Morgan fingerprint density at radius 1 is 0.810 bits per heavy atom. The van der Waals surface area contributed by atoms with Gasteiger partial charge < -0.3 is 4.57 Å². The molecule has 21 heavy (non-hydrogen) atoms. The van der Waals surface area contributed by atoms with Crippen molar-refractivity contribution in [1.82, 2.24) is 4.57 Å². The fraction of sp³-hybridized carbons (Fsp3) is 0.100. The van der Waals surface area contributed by atoms with E-state index in [0.29, 0.717) is 0 Å². The molecule has 0 bridgehead atoms. The molecule has 3 aromatic rings. The molecular formula is C20H19N. The van der Waals surface area contributed by atoms with Gasteiger partial charge >= 0.3 is 0 Å². The van der Waals surface area contributed by atoms with Crippen LogP contribution in [0.5, 0.6) is 0 Å². The Kier molecular flexibility index (Phi) is 4.02. The number of benzene rings is 2. The molecule has 2 aromatic carbocycles. The van der Waals surface area contributed by atoms with Crippen LogP contribution in [0.1, 0.15) is 22.7 Å². The summed E-state index contributed by atoms with van der Waals surface area (Å²) in [5, 5.41) is 0. The first kappa shape index (κ1) is 13.4. The van der Waals surface area contributed by atoms with Gasteiger partial charge in [0.05, 0.1) is 0 Å². The van der Waals surface area contributed by atoms with Crippen LogP contribution in [0, 0.1) is 0 Å². The molecule has 1 atom stereocenters. The van der Waals surface area contributed by atoms with Crippen molar-refractivity contribution in [3.8, 4) is 0 Å². The maximum Gasteiger partial charge on any atom is 0.0426 e. The molecule has 1 heteroatoms. The highest BCUT2D eigenvalue weighted by atomic mass is 14.9. The van der Waals surface area contributed by atoms with Crippen LogP contribution >= 0.6 is 0 Å². The third-order valence-corrected chi connectivity index (χ3v) is 3.74. The van der Waals surface area contributed by atoms with E-state index in [0.717, 1.165) is 0 Å². The van der Waals surface area contributed by atoms with E-state index in [1.165, 1.54) is 16.8 Å². The first-order chi connectivity index (χ1) is 10.3. The van der Waals surface area contributed by atoms with Gasteiger partial charge in [-0.3, -0.25) is 0 Å². The SMILES string of the molecule is Cn1cccc1C(/C=C\c1ccccc1)c1ccccc1. The second kappa shape index (κ2) is 6.27. The summed E-state index contributed by atoms with van der Waals surface area (Å²) in [7, 11) is 2.10.